The lowest BCUT2D eigenvalue weighted by Crippen LogP contribution is -2.35. The van der Waals surface area contributed by atoms with Crippen LogP contribution in [0.2, 0.25) is 0 Å². The maximum absolute atomic E-state index is 4.02. The zero-order chi connectivity index (χ0) is 12.1. The molecule has 0 unspecified atom stereocenters. The molecule has 0 aliphatic heterocycles. The zero-order valence-electron chi connectivity index (χ0n) is 11.0. The van der Waals surface area contributed by atoms with Crippen molar-refractivity contribution < 1.29 is 0 Å². The van der Waals surface area contributed by atoms with Crippen molar-refractivity contribution in [1.82, 2.24) is 20.4 Å². The molecular weight excluding hydrogens is 212 g/mol. The second kappa shape index (κ2) is 6.17. The summed E-state index contributed by atoms with van der Waals surface area (Å²) in [5, 5.41) is 10.5. The summed E-state index contributed by atoms with van der Waals surface area (Å²) in [6.45, 7) is 5.18. The molecule has 4 heteroatoms. The predicted octanol–water partition coefficient (Wildman–Crippen LogP) is 1.68. The molecule has 2 rings (SSSR count). The van der Waals surface area contributed by atoms with Gasteiger partial charge in [0.05, 0.1) is 6.20 Å². The Balaban J connectivity index is 1.61. The molecule has 1 aromatic heterocycles. The molecule has 96 valence electrons. The highest BCUT2D eigenvalue weighted by Gasteiger charge is 2.18. The van der Waals surface area contributed by atoms with Crippen LogP contribution in [0.5, 0.6) is 0 Å². The minimum atomic E-state index is 0.826. The van der Waals surface area contributed by atoms with Gasteiger partial charge in [-0.2, -0.15) is 5.10 Å². The summed E-state index contributed by atoms with van der Waals surface area (Å²) in [6.07, 6.45) is 7.50. The number of nitrogens with one attached hydrogen (secondary N) is 2. The van der Waals surface area contributed by atoms with Gasteiger partial charge in [0.15, 0.2) is 0 Å². The molecule has 0 bridgehead atoms. The Labute approximate surface area is 104 Å². The van der Waals surface area contributed by atoms with Crippen LogP contribution in [0, 0.1) is 6.92 Å². The summed E-state index contributed by atoms with van der Waals surface area (Å²) >= 11 is 0. The van der Waals surface area contributed by atoms with E-state index >= 15 is 0 Å². The SMILES string of the molecule is Cc1[nH]ncc1CNCCN(C)C1CCCC1. The van der Waals surface area contributed by atoms with E-state index in [1.165, 1.54) is 36.9 Å². The maximum atomic E-state index is 4.02. The molecule has 1 aromatic rings. The van der Waals surface area contributed by atoms with E-state index in [2.05, 4.69) is 34.4 Å². The van der Waals surface area contributed by atoms with Crippen LogP contribution >= 0.6 is 0 Å². The average molecular weight is 236 g/mol. The minimum absolute atomic E-state index is 0.826. The van der Waals surface area contributed by atoms with E-state index in [4.69, 9.17) is 0 Å². The van der Waals surface area contributed by atoms with Gasteiger partial charge >= 0.3 is 0 Å². The van der Waals surface area contributed by atoms with Crippen molar-refractivity contribution in [2.45, 2.75) is 45.2 Å². The summed E-state index contributed by atoms with van der Waals surface area (Å²) in [6, 6.07) is 0.826. The van der Waals surface area contributed by atoms with E-state index in [0.29, 0.717) is 0 Å². The summed E-state index contributed by atoms with van der Waals surface area (Å²) in [4.78, 5) is 2.50. The Kier molecular flexibility index (Phi) is 4.57. The molecule has 0 amide bonds. The van der Waals surface area contributed by atoms with E-state index < -0.39 is 0 Å². The second-order valence-corrected chi connectivity index (χ2v) is 5.12. The number of aryl methyl sites for hydroxylation is 1. The van der Waals surface area contributed by atoms with Crippen LogP contribution < -0.4 is 5.32 Å². The van der Waals surface area contributed by atoms with Gasteiger partial charge < -0.3 is 10.2 Å². The van der Waals surface area contributed by atoms with Crippen LogP contribution in [0.25, 0.3) is 0 Å². The van der Waals surface area contributed by atoms with Gasteiger partial charge in [-0.3, -0.25) is 5.10 Å². The van der Waals surface area contributed by atoms with Crippen molar-refractivity contribution in [3.05, 3.63) is 17.5 Å². The molecule has 1 fully saturated rings. The molecule has 1 heterocycles. The average Bonchev–Trinajstić information content (AvgIpc) is 2.96. The number of aromatic nitrogens is 2. The number of nitrogens with zero attached hydrogens (tertiary/aromatic N) is 2. The molecular formula is C13H24N4. The van der Waals surface area contributed by atoms with Crippen molar-refractivity contribution in [2.24, 2.45) is 0 Å². The van der Waals surface area contributed by atoms with E-state index in [1.807, 2.05) is 6.20 Å². The van der Waals surface area contributed by atoms with Gasteiger partial charge in [-0.15, -0.1) is 0 Å². The van der Waals surface area contributed by atoms with Gasteiger partial charge in [0.25, 0.3) is 0 Å². The molecule has 4 nitrogen and oxygen atoms in total. The van der Waals surface area contributed by atoms with Crippen LogP contribution in [-0.4, -0.2) is 41.3 Å². The van der Waals surface area contributed by atoms with E-state index in [-0.39, 0.29) is 0 Å². The third-order valence-corrected chi connectivity index (χ3v) is 3.84. The minimum Gasteiger partial charge on any atom is -0.311 e. The van der Waals surface area contributed by atoms with E-state index in [9.17, 15) is 0 Å². The summed E-state index contributed by atoms with van der Waals surface area (Å²) in [7, 11) is 2.25. The highest BCUT2D eigenvalue weighted by molar-refractivity contribution is 5.13. The van der Waals surface area contributed by atoms with Gasteiger partial charge in [-0.25, -0.2) is 0 Å². The van der Waals surface area contributed by atoms with Crippen LogP contribution in [0.15, 0.2) is 6.20 Å². The molecule has 1 aliphatic carbocycles. The number of aromatic amines is 1. The molecule has 0 radical (unpaired) electrons. The fraction of sp³-hybridized carbons (Fsp3) is 0.769. The van der Waals surface area contributed by atoms with Crippen LogP contribution in [0.1, 0.15) is 36.9 Å². The first-order valence-electron chi connectivity index (χ1n) is 6.67. The molecule has 0 atom stereocenters. The lowest BCUT2D eigenvalue weighted by molar-refractivity contribution is 0.245. The number of hydrogen-bond acceptors (Lipinski definition) is 3. The highest BCUT2D eigenvalue weighted by Crippen LogP contribution is 2.21. The lowest BCUT2D eigenvalue weighted by atomic mass is 10.2. The maximum Gasteiger partial charge on any atom is 0.0535 e. The fourth-order valence-electron chi connectivity index (χ4n) is 2.56. The number of hydrogen-bond donors (Lipinski definition) is 2. The van der Waals surface area contributed by atoms with Gasteiger partial charge in [0.2, 0.25) is 0 Å². The summed E-state index contributed by atoms with van der Waals surface area (Å²) in [5.74, 6) is 0. The van der Waals surface area contributed by atoms with Gasteiger partial charge in [-0.1, -0.05) is 12.8 Å². The molecule has 1 aliphatic rings. The fourth-order valence-corrected chi connectivity index (χ4v) is 2.56. The topological polar surface area (TPSA) is 44.0 Å². The third kappa shape index (κ3) is 3.54. The largest absolute Gasteiger partial charge is 0.311 e. The second-order valence-electron chi connectivity index (χ2n) is 5.12. The highest BCUT2D eigenvalue weighted by atomic mass is 15.1. The van der Waals surface area contributed by atoms with Crippen molar-refractivity contribution in [3.63, 3.8) is 0 Å². The molecule has 2 N–H and O–H groups in total. The first-order chi connectivity index (χ1) is 8.27. The standard InChI is InChI=1S/C13H24N4/c1-11-12(10-15-16-11)9-14-7-8-17(2)13-5-3-4-6-13/h10,13-14H,3-9H2,1-2H3,(H,15,16). The van der Waals surface area contributed by atoms with Gasteiger partial charge in [-0.05, 0) is 26.8 Å². The number of H-pyrrole nitrogens is 1. The Morgan fingerprint density at radius 1 is 1.47 bits per heavy atom. The number of rotatable bonds is 6. The Hall–Kier alpha value is -0.870. The molecule has 0 spiro atoms. The monoisotopic (exact) mass is 236 g/mol. The normalized spacial score (nSPS) is 17.1. The van der Waals surface area contributed by atoms with Crippen LogP contribution in [0.4, 0.5) is 0 Å². The Bertz CT molecular complexity index is 328. The third-order valence-electron chi connectivity index (χ3n) is 3.84. The number of likely N-dealkylation sites (N-methyl/N-ethyl adjacent to an activating group) is 1. The Morgan fingerprint density at radius 3 is 2.88 bits per heavy atom. The molecule has 1 saturated carbocycles. The van der Waals surface area contributed by atoms with Crippen molar-refractivity contribution >= 4 is 0 Å². The predicted molar refractivity (Wildman–Crippen MR) is 69.9 cm³/mol. The van der Waals surface area contributed by atoms with Crippen molar-refractivity contribution in [1.29, 1.82) is 0 Å². The molecule has 0 aromatic carbocycles. The molecule has 0 saturated heterocycles. The first kappa shape index (κ1) is 12.6. The van der Waals surface area contributed by atoms with E-state index in [1.54, 1.807) is 0 Å². The lowest BCUT2D eigenvalue weighted by Gasteiger charge is -2.23. The van der Waals surface area contributed by atoms with Gasteiger partial charge in [0, 0.05) is 36.9 Å². The smallest absolute Gasteiger partial charge is 0.0535 e. The van der Waals surface area contributed by atoms with Gasteiger partial charge in [0.1, 0.15) is 0 Å². The quantitative estimate of drug-likeness (QED) is 0.739. The zero-order valence-corrected chi connectivity index (χ0v) is 11.0. The summed E-state index contributed by atoms with van der Waals surface area (Å²) in [5.41, 5.74) is 2.44. The first-order valence-corrected chi connectivity index (χ1v) is 6.67. The molecule has 17 heavy (non-hydrogen) atoms. The van der Waals surface area contributed by atoms with Crippen LogP contribution in [-0.2, 0) is 6.54 Å². The van der Waals surface area contributed by atoms with E-state index in [0.717, 1.165) is 25.7 Å². The summed E-state index contributed by atoms with van der Waals surface area (Å²) < 4.78 is 0. The van der Waals surface area contributed by atoms with Crippen molar-refractivity contribution in [3.8, 4) is 0 Å². The Morgan fingerprint density at radius 2 is 2.24 bits per heavy atom. The van der Waals surface area contributed by atoms with Crippen molar-refractivity contribution in [2.75, 3.05) is 20.1 Å². The van der Waals surface area contributed by atoms with Crippen LogP contribution in [0.3, 0.4) is 0 Å².